The Morgan fingerprint density at radius 1 is 0.875 bits per heavy atom. The van der Waals surface area contributed by atoms with Crippen LogP contribution < -0.4 is 10.6 Å². The third kappa shape index (κ3) is 2.03. The van der Waals surface area contributed by atoms with Crippen molar-refractivity contribution in [3.63, 3.8) is 0 Å². The van der Waals surface area contributed by atoms with Crippen LogP contribution in [0.25, 0.3) is 0 Å². The van der Waals surface area contributed by atoms with E-state index in [1.54, 1.807) is 25.1 Å². The summed E-state index contributed by atoms with van der Waals surface area (Å²) in [4.78, 5) is 0. The van der Waals surface area contributed by atoms with Crippen LogP contribution in [0.4, 0.5) is 0 Å². The van der Waals surface area contributed by atoms with Crippen LogP contribution in [0.1, 0.15) is 23.2 Å². The Morgan fingerprint density at radius 2 is 1.31 bits per heavy atom. The van der Waals surface area contributed by atoms with Gasteiger partial charge in [0.25, 0.3) is 0 Å². The van der Waals surface area contributed by atoms with Crippen molar-refractivity contribution in [1.29, 1.82) is 0 Å². The van der Waals surface area contributed by atoms with E-state index in [-0.39, 0.29) is 12.1 Å². The van der Waals surface area contributed by atoms with Crippen molar-refractivity contribution in [2.45, 2.75) is 12.1 Å². The van der Waals surface area contributed by atoms with Crippen molar-refractivity contribution in [3.05, 3.63) is 48.3 Å². The third-order valence-electron chi connectivity index (χ3n) is 2.76. The summed E-state index contributed by atoms with van der Waals surface area (Å²) in [7, 11) is 3.87. The van der Waals surface area contributed by atoms with Crippen molar-refractivity contribution >= 4 is 0 Å². The van der Waals surface area contributed by atoms with Gasteiger partial charge in [-0.25, -0.2) is 0 Å². The van der Waals surface area contributed by atoms with Gasteiger partial charge in [-0.2, -0.15) is 0 Å². The zero-order chi connectivity index (χ0) is 11.4. The van der Waals surface area contributed by atoms with Gasteiger partial charge in [0.2, 0.25) is 0 Å². The predicted octanol–water partition coefficient (Wildman–Crippen LogP) is 2.09. The number of rotatable bonds is 5. The molecule has 0 aliphatic heterocycles. The Bertz CT molecular complexity index is 354. The monoisotopic (exact) mass is 220 g/mol. The van der Waals surface area contributed by atoms with Crippen LogP contribution >= 0.6 is 0 Å². The van der Waals surface area contributed by atoms with Crippen LogP contribution in [-0.4, -0.2) is 14.1 Å². The van der Waals surface area contributed by atoms with Gasteiger partial charge in [-0.3, -0.25) is 0 Å². The first kappa shape index (κ1) is 11.0. The van der Waals surface area contributed by atoms with Gasteiger partial charge >= 0.3 is 0 Å². The van der Waals surface area contributed by atoms with E-state index in [2.05, 4.69) is 10.6 Å². The van der Waals surface area contributed by atoms with Gasteiger partial charge in [-0.15, -0.1) is 0 Å². The molecule has 0 amide bonds. The van der Waals surface area contributed by atoms with E-state index in [1.165, 1.54) is 0 Å². The Kier molecular flexibility index (Phi) is 3.44. The molecular formula is C12H16N2O2. The highest BCUT2D eigenvalue weighted by atomic mass is 16.3. The van der Waals surface area contributed by atoms with Crippen LogP contribution in [0, 0.1) is 0 Å². The van der Waals surface area contributed by atoms with Gasteiger partial charge in [0.1, 0.15) is 0 Å². The molecule has 2 heterocycles. The molecule has 0 saturated carbocycles. The molecule has 0 radical (unpaired) electrons. The van der Waals surface area contributed by atoms with E-state index in [1.807, 2.05) is 26.2 Å². The van der Waals surface area contributed by atoms with Gasteiger partial charge in [-0.1, -0.05) is 0 Å². The summed E-state index contributed by atoms with van der Waals surface area (Å²) < 4.78 is 10.2. The van der Waals surface area contributed by atoms with E-state index >= 15 is 0 Å². The van der Waals surface area contributed by atoms with Gasteiger partial charge in [0, 0.05) is 11.1 Å². The fourth-order valence-electron chi connectivity index (χ4n) is 1.96. The van der Waals surface area contributed by atoms with Crippen LogP contribution in [0.3, 0.4) is 0 Å². The van der Waals surface area contributed by atoms with Crippen molar-refractivity contribution in [2.24, 2.45) is 0 Å². The topological polar surface area (TPSA) is 50.3 Å². The molecule has 0 aromatic carbocycles. The summed E-state index contributed by atoms with van der Waals surface area (Å²) in [5.74, 6) is 0. The Labute approximate surface area is 94.6 Å². The van der Waals surface area contributed by atoms with Gasteiger partial charge in [-0.05, 0) is 26.2 Å². The molecule has 2 atom stereocenters. The van der Waals surface area contributed by atoms with Crippen LogP contribution in [0.15, 0.2) is 46.0 Å². The first-order valence-electron chi connectivity index (χ1n) is 5.25. The van der Waals surface area contributed by atoms with Crippen LogP contribution in [0.5, 0.6) is 0 Å². The SMILES string of the molecule is CNC(c1ccoc1)C(NC)c1ccoc1. The van der Waals surface area contributed by atoms with E-state index in [0.717, 1.165) is 11.1 Å². The lowest BCUT2D eigenvalue weighted by Crippen LogP contribution is -2.31. The maximum Gasteiger partial charge on any atom is 0.0951 e. The lowest BCUT2D eigenvalue weighted by Gasteiger charge is -2.24. The van der Waals surface area contributed by atoms with Gasteiger partial charge < -0.3 is 19.5 Å². The molecule has 0 bridgehead atoms. The second-order valence-electron chi connectivity index (χ2n) is 3.65. The molecule has 4 heteroatoms. The summed E-state index contributed by atoms with van der Waals surface area (Å²) in [6.45, 7) is 0. The van der Waals surface area contributed by atoms with Gasteiger partial charge in [0.15, 0.2) is 0 Å². The van der Waals surface area contributed by atoms with Crippen molar-refractivity contribution in [1.82, 2.24) is 10.6 Å². The number of hydrogen-bond donors (Lipinski definition) is 2. The molecule has 2 unspecified atom stereocenters. The number of likely N-dealkylation sites (N-methyl/N-ethyl adjacent to an activating group) is 2. The molecule has 0 aliphatic carbocycles. The van der Waals surface area contributed by atoms with Crippen LogP contribution in [0.2, 0.25) is 0 Å². The summed E-state index contributed by atoms with van der Waals surface area (Å²) in [6.07, 6.45) is 6.88. The molecule has 2 N–H and O–H groups in total. The maximum absolute atomic E-state index is 5.12. The van der Waals surface area contributed by atoms with E-state index in [0.29, 0.717) is 0 Å². The lowest BCUT2D eigenvalue weighted by atomic mass is 9.97. The quantitative estimate of drug-likeness (QED) is 0.810. The molecule has 0 saturated heterocycles. The number of nitrogens with one attached hydrogen (secondary N) is 2. The molecule has 2 aromatic rings. The highest BCUT2D eigenvalue weighted by Gasteiger charge is 2.23. The minimum Gasteiger partial charge on any atom is -0.472 e. The standard InChI is InChI=1S/C12H16N2O2/c1-13-11(9-3-5-15-7-9)12(14-2)10-4-6-16-8-10/h3-8,11-14H,1-2H3. The molecule has 16 heavy (non-hydrogen) atoms. The second-order valence-corrected chi connectivity index (χ2v) is 3.65. The fourth-order valence-corrected chi connectivity index (χ4v) is 1.96. The van der Waals surface area contributed by atoms with E-state index < -0.39 is 0 Å². The van der Waals surface area contributed by atoms with Crippen molar-refractivity contribution < 1.29 is 8.83 Å². The smallest absolute Gasteiger partial charge is 0.0951 e. The number of furan rings is 2. The molecule has 0 fully saturated rings. The second kappa shape index (κ2) is 5.01. The Balaban J connectivity index is 2.25. The Morgan fingerprint density at radius 3 is 1.56 bits per heavy atom. The first-order valence-corrected chi connectivity index (χ1v) is 5.25. The lowest BCUT2D eigenvalue weighted by molar-refractivity contribution is 0.423. The Hall–Kier alpha value is -1.52. The summed E-state index contributed by atoms with van der Waals surface area (Å²) in [5, 5.41) is 6.56. The highest BCUT2D eigenvalue weighted by Crippen LogP contribution is 2.28. The van der Waals surface area contributed by atoms with Crippen LogP contribution in [-0.2, 0) is 0 Å². The summed E-state index contributed by atoms with van der Waals surface area (Å²) in [5.41, 5.74) is 2.23. The molecule has 4 nitrogen and oxygen atoms in total. The van der Waals surface area contributed by atoms with Gasteiger partial charge in [0.05, 0.1) is 37.1 Å². The first-order chi connectivity index (χ1) is 7.86. The zero-order valence-electron chi connectivity index (χ0n) is 9.44. The fraction of sp³-hybridized carbons (Fsp3) is 0.333. The van der Waals surface area contributed by atoms with E-state index in [4.69, 9.17) is 8.83 Å². The molecule has 0 aliphatic rings. The highest BCUT2D eigenvalue weighted by molar-refractivity contribution is 5.22. The minimum atomic E-state index is 0.154. The molecule has 86 valence electrons. The molecule has 2 rings (SSSR count). The largest absolute Gasteiger partial charge is 0.472 e. The summed E-state index contributed by atoms with van der Waals surface area (Å²) >= 11 is 0. The third-order valence-corrected chi connectivity index (χ3v) is 2.76. The van der Waals surface area contributed by atoms with Crippen molar-refractivity contribution in [3.8, 4) is 0 Å². The normalized spacial score (nSPS) is 14.9. The van der Waals surface area contributed by atoms with Crippen molar-refractivity contribution in [2.75, 3.05) is 14.1 Å². The average molecular weight is 220 g/mol. The molecular weight excluding hydrogens is 204 g/mol. The molecule has 0 spiro atoms. The summed E-state index contributed by atoms with van der Waals surface area (Å²) in [6, 6.07) is 4.24. The predicted molar refractivity (Wildman–Crippen MR) is 61.0 cm³/mol. The molecule has 2 aromatic heterocycles. The average Bonchev–Trinajstić information content (AvgIpc) is 2.97. The van der Waals surface area contributed by atoms with E-state index in [9.17, 15) is 0 Å². The minimum absolute atomic E-state index is 0.154. The zero-order valence-corrected chi connectivity index (χ0v) is 9.44. The number of hydrogen-bond acceptors (Lipinski definition) is 4. The maximum atomic E-state index is 5.12.